The van der Waals surface area contributed by atoms with E-state index in [1.165, 1.54) is 17.4 Å². The summed E-state index contributed by atoms with van der Waals surface area (Å²) >= 11 is 4.81. The second-order valence-electron chi connectivity index (χ2n) is 5.83. The van der Waals surface area contributed by atoms with E-state index in [0.29, 0.717) is 10.9 Å². The van der Waals surface area contributed by atoms with Crippen LogP contribution >= 0.6 is 27.3 Å². The summed E-state index contributed by atoms with van der Waals surface area (Å²) in [6, 6.07) is 17.1. The number of hydrogen-bond donors (Lipinski definition) is 1. The third kappa shape index (κ3) is 5.28. The molecule has 5 nitrogen and oxygen atoms in total. The minimum Gasteiger partial charge on any atom is -0.497 e. The summed E-state index contributed by atoms with van der Waals surface area (Å²) in [5.74, 6) is 0.226. The first kappa shape index (κ1) is 19.8. The van der Waals surface area contributed by atoms with E-state index in [9.17, 15) is 10.1 Å². The number of amides is 1. The molecule has 0 spiro atoms. The van der Waals surface area contributed by atoms with Crippen molar-refractivity contribution in [2.45, 2.75) is 6.42 Å². The van der Waals surface area contributed by atoms with Crippen LogP contribution in [0.5, 0.6) is 5.75 Å². The molecule has 1 aromatic heterocycles. The fourth-order valence-corrected chi connectivity index (χ4v) is 3.54. The van der Waals surface area contributed by atoms with Crippen LogP contribution in [0.2, 0.25) is 0 Å². The Kier molecular flexibility index (Phi) is 6.58. The fourth-order valence-electron chi connectivity index (χ4n) is 2.43. The number of carbonyl (C=O) groups excluding carboxylic acids is 1. The Bertz CT molecular complexity index is 1030. The quantitative estimate of drug-likeness (QED) is 0.418. The van der Waals surface area contributed by atoms with Crippen LogP contribution in [0, 0.1) is 11.3 Å². The first-order valence-electron chi connectivity index (χ1n) is 8.34. The van der Waals surface area contributed by atoms with Crippen molar-refractivity contribution in [3.63, 3.8) is 0 Å². The number of nitriles is 1. The number of rotatable bonds is 6. The van der Waals surface area contributed by atoms with E-state index in [2.05, 4.69) is 26.2 Å². The highest BCUT2D eigenvalue weighted by Gasteiger charge is 2.12. The lowest BCUT2D eigenvalue weighted by molar-refractivity contribution is -0.112. The Balaban J connectivity index is 1.67. The van der Waals surface area contributed by atoms with Gasteiger partial charge >= 0.3 is 0 Å². The van der Waals surface area contributed by atoms with E-state index in [0.717, 1.165) is 26.9 Å². The van der Waals surface area contributed by atoms with Gasteiger partial charge in [0.2, 0.25) is 0 Å². The normalized spacial score (nSPS) is 11.0. The van der Waals surface area contributed by atoms with E-state index in [1.807, 2.05) is 30.3 Å². The molecule has 140 valence electrons. The molecule has 0 fully saturated rings. The van der Waals surface area contributed by atoms with Crippen LogP contribution in [0.3, 0.4) is 0 Å². The van der Waals surface area contributed by atoms with Crippen molar-refractivity contribution >= 4 is 44.4 Å². The second kappa shape index (κ2) is 9.31. The Labute approximate surface area is 175 Å². The molecular formula is C21H16BrN3O2S. The summed E-state index contributed by atoms with van der Waals surface area (Å²) < 4.78 is 6.13. The molecule has 0 atom stereocenters. The van der Waals surface area contributed by atoms with E-state index >= 15 is 0 Å². The summed E-state index contributed by atoms with van der Waals surface area (Å²) in [6.07, 6.45) is 4.00. The summed E-state index contributed by atoms with van der Waals surface area (Å²) in [4.78, 5) is 17.7. The van der Waals surface area contributed by atoms with Crippen molar-refractivity contribution in [3.05, 3.63) is 80.8 Å². The van der Waals surface area contributed by atoms with E-state index in [1.54, 1.807) is 37.6 Å². The van der Waals surface area contributed by atoms with Crippen LogP contribution in [0.1, 0.15) is 16.0 Å². The molecular weight excluding hydrogens is 438 g/mol. The minimum atomic E-state index is -0.483. The van der Waals surface area contributed by atoms with Gasteiger partial charge in [-0.2, -0.15) is 5.26 Å². The number of thiazole rings is 1. The number of halogens is 1. The molecule has 0 aliphatic rings. The summed E-state index contributed by atoms with van der Waals surface area (Å²) in [5.41, 5.74) is 1.90. The number of anilines is 1. The molecule has 0 bridgehead atoms. The van der Waals surface area contributed by atoms with Gasteiger partial charge in [-0.15, -0.1) is 11.3 Å². The highest BCUT2D eigenvalue weighted by molar-refractivity contribution is 9.10. The minimum absolute atomic E-state index is 0.00910. The third-order valence-corrected chi connectivity index (χ3v) is 5.30. The van der Waals surface area contributed by atoms with Crippen LogP contribution in [-0.4, -0.2) is 18.0 Å². The van der Waals surface area contributed by atoms with Gasteiger partial charge in [0, 0.05) is 22.0 Å². The molecule has 2 aromatic carbocycles. The van der Waals surface area contributed by atoms with E-state index in [4.69, 9.17) is 4.74 Å². The second-order valence-corrected chi connectivity index (χ2v) is 7.86. The highest BCUT2D eigenvalue weighted by Crippen LogP contribution is 2.23. The molecule has 1 heterocycles. The number of nitrogens with zero attached hydrogens (tertiary/aromatic N) is 2. The van der Waals surface area contributed by atoms with Crippen LogP contribution in [-0.2, 0) is 11.2 Å². The monoisotopic (exact) mass is 453 g/mol. The molecule has 3 aromatic rings. The van der Waals surface area contributed by atoms with Crippen molar-refractivity contribution in [1.82, 2.24) is 4.98 Å². The van der Waals surface area contributed by atoms with Gasteiger partial charge in [0.1, 0.15) is 17.4 Å². The van der Waals surface area contributed by atoms with Crippen molar-refractivity contribution in [2.75, 3.05) is 12.4 Å². The molecule has 1 amide bonds. The molecule has 7 heteroatoms. The Morgan fingerprint density at radius 3 is 2.61 bits per heavy atom. The molecule has 28 heavy (non-hydrogen) atoms. The summed E-state index contributed by atoms with van der Waals surface area (Å²) in [6.45, 7) is 0. The molecule has 0 saturated heterocycles. The third-order valence-electron chi connectivity index (χ3n) is 3.86. The van der Waals surface area contributed by atoms with Gasteiger partial charge in [-0.25, -0.2) is 4.98 Å². The topological polar surface area (TPSA) is 75.0 Å². The molecule has 1 N–H and O–H groups in total. The zero-order valence-electron chi connectivity index (χ0n) is 15.0. The standard InChI is InChI=1S/C21H16BrN3O2S/c1-27-18-8-4-14(5-9-18)10-16(12-23)20(26)25-21-24-13-19(28-21)11-15-2-6-17(22)7-3-15/h2-10,13H,11H2,1H3,(H,24,25,26)/b16-10+. The maximum absolute atomic E-state index is 12.4. The van der Waals surface area contributed by atoms with Crippen molar-refractivity contribution < 1.29 is 9.53 Å². The number of benzene rings is 2. The maximum Gasteiger partial charge on any atom is 0.268 e. The number of aromatic nitrogens is 1. The van der Waals surface area contributed by atoms with Crippen LogP contribution in [0.15, 0.2) is 64.8 Å². The Morgan fingerprint density at radius 2 is 1.96 bits per heavy atom. The molecule has 0 radical (unpaired) electrons. The average molecular weight is 454 g/mol. The number of hydrogen-bond acceptors (Lipinski definition) is 5. The van der Waals surface area contributed by atoms with Crippen LogP contribution in [0.25, 0.3) is 6.08 Å². The molecule has 0 aliphatic heterocycles. The van der Waals surface area contributed by atoms with E-state index in [-0.39, 0.29) is 5.57 Å². The smallest absolute Gasteiger partial charge is 0.268 e. The summed E-state index contributed by atoms with van der Waals surface area (Å²) in [5, 5.41) is 12.5. The lowest BCUT2D eigenvalue weighted by Gasteiger charge is -2.02. The molecule has 3 rings (SSSR count). The Morgan fingerprint density at radius 1 is 1.25 bits per heavy atom. The van der Waals surface area contributed by atoms with Crippen molar-refractivity contribution in [3.8, 4) is 11.8 Å². The van der Waals surface area contributed by atoms with Gasteiger partial charge in [-0.3, -0.25) is 10.1 Å². The Hall–Kier alpha value is -2.95. The lowest BCUT2D eigenvalue weighted by atomic mass is 10.1. The zero-order valence-corrected chi connectivity index (χ0v) is 17.4. The van der Waals surface area contributed by atoms with Gasteiger partial charge < -0.3 is 4.74 Å². The SMILES string of the molecule is COc1ccc(/C=C(\C#N)C(=O)Nc2ncc(Cc3ccc(Br)cc3)s2)cc1. The average Bonchev–Trinajstić information content (AvgIpc) is 3.15. The number of methoxy groups -OCH3 is 1. The molecule has 0 aliphatic carbocycles. The predicted molar refractivity (Wildman–Crippen MR) is 114 cm³/mol. The number of ether oxygens (including phenoxy) is 1. The first-order chi connectivity index (χ1) is 13.6. The first-order valence-corrected chi connectivity index (χ1v) is 9.94. The zero-order chi connectivity index (χ0) is 19.9. The largest absolute Gasteiger partial charge is 0.497 e. The van der Waals surface area contributed by atoms with Gasteiger partial charge in [-0.1, -0.05) is 40.2 Å². The molecule has 0 unspecified atom stereocenters. The van der Waals surface area contributed by atoms with Crippen molar-refractivity contribution in [2.24, 2.45) is 0 Å². The van der Waals surface area contributed by atoms with Crippen molar-refractivity contribution in [1.29, 1.82) is 5.26 Å². The predicted octanol–water partition coefficient (Wildman–Crippen LogP) is 5.05. The molecule has 0 saturated carbocycles. The maximum atomic E-state index is 12.4. The number of nitrogens with one attached hydrogen (secondary N) is 1. The van der Waals surface area contributed by atoms with Gasteiger partial charge in [0.15, 0.2) is 5.13 Å². The van der Waals surface area contributed by atoms with Gasteiger partial charge in [-0.05, 0) is 41.5 Å². The number of carbonyl (C=O) groups is 1. The summed E-state index contributed by atoms with van der Waals surface area (Å²) in [7, 11) is 1.58. The van der Waals surface area contributed by atoms with Crippen LogP contribution in [0.4, 0.5) is 5.13 Å². The van der Waals surface area contributed by atoms with E-state index < -0.39 is 5.91 Å². The van der Waals surface area contributed by atoms with Gasteiger partial charge in [0.05, 0.1) is 7.11 Å². The van der Waals surface area contributed by atoms with Gasteiger partial charge in [0.25, 0.3) is 5.91 Å². The van der Waals surface area contributed by atoms with Crippen LogP contribution < -0.4 is 10.1 Å². The fraction of sp³-hybridized carbons (Fsp3) is 0.0952. The highest BCUT2D eigenvalue weighted by atomic mass is 79.9. The lowest BCUT2D eigenvalue weighted by Crippen LogP contribution is -2.13.